The zero-order chi connectivity index (χ0) is 20.9. The minimum absolute atomic E-state index is 0.00827. The lowest BCUT2D eigenvalue weighted by Crippen LogP contribution is -2.43. The number of rotatable bonds is 5. The van der Waals surface area contributed by atoms with Crippen LogP contribution < -0.4 is 19.5 Å². The number of likely N-dealkylation sites (tertiary alicyclic amines) is 1. The minimum atomic E-state index is -0.159. The molecule has 1 fully saturated rings. The zero-order valence-electron chi connectivity index (χ0n) is 17.0. The smallest absolute Gasteiger partial charge is 0.321 e. The number of carbonyl (C=O) groups is 1. The maximum atomic E-state index is 12.7. The topological polar surface area (TPSA) is 85.8 Å². The molecule has 1 aliphatic rings. The summed E-state index contributed by atoms with van der Waals surface area (Å²) in [4.78, 5) is 14.5. The van der Waals surface area contributed by atoms with Crippen LogP contribution in [0.15, 0.2) is 48.7 Å². The maximum absolute atomic E-state index is 12.7. The van der Waals surface area contributed by atoms with Gasteiger partial charge in [0.15, 0.2) is 0 Å². The first-order chi connectivity index (χ1) is 14.7. The molecule has 156 valence electrons. The lowest BCUT2D eigenvalue weighted by Gasteiger charge is -2.32. The first-order valence-corrected chi connectivity index (χ1v) is 9.82. The third-order valence-corrected chi connectivity index (χ3v) is 5.15. The van der Waals surface area contributed by atoms with Crippen molar-refractivity contribution in [2.24, 2.45) is 0 Å². The molecule has 30 heavy (non-hydrogen) atoms. The molecule has 0 radical (unpaired) electrons. The highest BCUT2D eigenvalue weighted by Gasteiger charge is 2.25. The zero-order valence-corrected chi connectivity index (χ0v) is 17.0. The Kier molecular flexibility index (Phi) is 5.83. The van der Waals surface area contributed by atoms with Gasteiger partial charge in [0.2, 0.25) is 5.88 Å². The molecule has 0 spiro atoms. The van der Waals surface area contributed by atoms with E-state index in [9.17, 15) is 4.79 Å². The Morgan fingerprint density at radius 1 is 1.07 bits per heavy atom. The summed E-state index contributed by atoms with van der Waals surface area (Å²) in [7, 11) is 3.15. The van der Waals surface area contributed by atoms with Crippen LogP contribution in [0.5, 0.6) is 17.4 Å². The molecule has 4 rings (SSSR count). The number of hydrogen-bond donors (Lipinski definition) is 1. The SMILES string of the molecule is COc1cc(NC(=O)N2CCC(Oc3nncc4ccccc34)CC2)cc(OC)c1. The molecule has 0 aliphatic carbocycles. The number of anilines is 1. The number of aromatic nitrogens is 2. The van der Waals surface area contributed by atoms with Gasteiger partial charge >= 0.3 is 6.03 Å². The van der Waals surface area contributed by atoms with E-state index >= 15 is 0 Å². The van der Waals surface area contributed by atoms with E-state index in [-0.39, 0.29) is 12.1 Å². The van der Waals surface area contributed by atoms with Crippen LogP contribution in [0, 0.1) is 0 Å². The van der Waals surface area contributed by atoms with Crippen molar-refractivity contribution < 1.29 is 19.0 Å². The second-order valence-corrected chi connectivity index (χ2v) is 7.07. The first kappa shape index (κ1) is 19.8. The minimum Gasteiger partial charge on any atom is -0.497 e. The van der Waals surface area contributed by atoms with Crippen LogP contribution in [0.25, 0.3) is 10.8 Å². The van der Waals surface area contributed by atoms with Crippen molar-refractivity contribution in [3.05, 3.63) is 48.7 Å². The van der Waals surface area contributed by atoms with Crippen molar-refractivity contribution in [1.82, 2.24) is 15.1 Å². The Morgan fingerprint density at radius 3 is 2.47 bits per heavy atom. The lowest BCUT2D eigenvalue weighted by atomic mass is 10.1. The average molecular weight is 408 g/mol. The van der Waals surface area contributed by atoms with Gasteiger partial charge in [0.05, 0.1) is 20.4 Å². The standard InChI is InChI=1S/C22H24N4O4/c1-28-18-11-16(12-19(13-18)29-2)24-22(27)26-9-7-17(8-10-26)30-21-20-6-4-3-5-15(20)14-23-25-21/h3-6,11-14,17H,7-10H2,1-2H3,(H,24,27). The normalized spacial score (nSPS) is 14.4. The molecule has 1 aromatic heterocycles. The third kappa shape index (κ3) is 4.37. The number of methoxy groups -OCH3 is 2. The molecule has 1 aliphatic heterocycles. The second-order valence-electron chi connectivity index (χ2n) is 7.07. The molecule has 3 aromatic rings. The van der Waals surface area contributed by atoms with Gasteiger partial charge in [-0.05, 0) is 6.07 Å². The van der Waals surface area contributed by atoms with Crippen molar-refractivity contribution in [2.45, 2.75) is 18.9 Å². The molecule has 0 unspecified atom stereocenters. The summed E-state index contributed by atoms with van der Waals surface area (Å²) in [6.07, 6.45) is 3.16. The summed E-state index contributed by atoms with van der Waals surface area (Å²) >= 11 is 0. The van der Waals surface area contributed by atoms with E-state index < -0.39 is 0 Å². The molecule has 2 heterocycles. The quantitative estimate of drug-likeness (QED) is 0.693. The number of piperidine rings is 1. The Hall–Kier alpha value is -3.55. The average Bonchev–Trinajstić information content (AvgIpc) is 2.79. The van der Waals surface area contributed by atoms with Crippen molar-refractivity contribution in [1.29, 1.82) is 0 Å². The molecule has 0 saturated carbocycles. The number of benzene rings is 2. The highest BCUT2D eigenvalue weighted by Crippen LogP contribution is 2.27. The number of ether oxygens (including phenoxy) is 3. The van der Waals surface area contributed by atoms with Gasteiger partial charge in [-0.2, -0.15) is 5.10 Å². The van der Waals surface area contributed by atoms with E-state index in [2.05, 4.69) is 15.5 Å². The van der Waals surface area contributed by atoms with Gasteiger partial charge < -0.3 is 24.4 Å². The Morgan fingerprint density at radius 2 is 1.77 bits per heavy atom. The van der Waals surface area contributed by atoms with Gasteiger partial charge in [0.25, 0.3) is 0 Å². The van der Waals surface area contributed by atoms with E-state index in [0.717, 1.165) is 23.6 Å². The molecule has 8 heteroatoms. The van der Waals surface area contributed by atoms with Crippen LogP contribution in [0.1, 0.15) is 12.8 Å². The van der Waals surface area contributed by atoms with Gasteiger partial charge in [-0.25, -0.2) is 4.79 Å². The van der Waals surface area contributed by atoms with Crippen molar-refractivity contribution in [3.63, 3.8) is 0 Å². The Bertz CT molecular complexity index is 1010. The number of urea groups is 1. The molecular weight excluding hydrogens is 384 g/mol. The number of hydrogen-bond acceptors (Lipinski definition) is 6. The third-order valence-electron chi connectivity index (χ3n) is 5.15. The molecule has 2 amide bonds. The van der Waals surface area contributed by atoms with E-state index in [1.807, 2.05) is 24.3 Å². The van der Waals surface area contributed by atoms with Crippen molar-refractivity contribution in [3.8, 4) is 17.4 Å². The van der Waals surface area contributed by atoms with Gasteiger partial charge in [0, 0.05) is 60.6 Å². The van der Waals surface area contributed by atoms with E-state index in [4.69, 9.17) is 14.2 Å². The van der Waals surface area contributed by atoms with Gasteiger partial charge in [-0.3, -0.25) is 0 Å². The molecule has 2 aromatic carbocycles. The summed E-state index contributed by atoms with van der Waals surface area (Å²) in [6, 6.07) is 13.0. The van der Waals surface area contributed by atoms with Crippen molar-refractivity contribution in [2.75, 3.05) is 32.6 Å². The van der Waals surface area contributed by atoms with Crippen molar-refractivity contribution >= 4 is 22.5 Å². The fourth-order valence-corrected chi connectivity index (χ4v) is 3.51. The van der Waals surface area contributed by atoms with Crippen LogP contribution >= 0.6 is 0 Å². The highest BCUT2D eigenvalue weighted by atomic mass is 16.5. The maximum Gasteiger partial charge on any atom is 0.321 e. The van der Waals surface area contributed by atoms with Gasteiger partial charge in [-0.15, -0.1) is 5.10 Å². The molecule has 0 atom stereocenters. The second kappa shape index (κ2) is 8.86. The molecule has 8 nitrogen and oxygen atoms in total. The van der Waals surface area contributed by atoms with E-state index in [0.29, 0.717) is 36.2 Å². The molecule has 1 N–H and O–H groups in total. The predicted octanol–water partition coefficient (Wildman–Crippen LogP) is 3.72. The largest absolute Gasteiger partial charge is 0.497 e. The fraction of sp³-hybridized carbons (Fsp3) is 0.318. The summed E-state index contributed by atoms with van der Waals surface area (Å²) in [5.74, 6) is 1.78. The number of fused-ring (bicyclic) bond motifs is 1. The predicted molar refractivity (Wildman–Crippen MR) is 113 cm³/mol. The number of nitrogens with one attached hydrogen (secondary N) is 1. The molecule has 1 saturated heterocycles. The summed E-state index contributed by atoms with van der Waals surface area (Å²) in [6.45, 7) is 1.19. The number of nitrogens with zero attached hydrogens (tertiary/aromatic N) is 3. The van der Waals surface area contributed by atoms with Crippen LogP contribution in [-0.4, -0.2) is 54.5 Å². The Balaban J connectivity index is 1.36. The lowest BCUT2D eigenvalue weighted by molar-refractivity contribution is 0.112. The number of carbonyl (C=O) groups excluding carboxylic acids is 1. The molecular formula is C22H24N4O4. The van der Waals surface area contributed by atoms with Crippen LogP contribution in [-0.2, 0) is 0 Å². The monoisotopic (exact) mass is 408 g/mol. The van der Waals surface area contributed by atoms with Crippen LogP contribution in [0.2, 0.25) is 0 Å². The summed E-state index contributed by atoms with van der Waals surface area (Å²) in [5.41, 5.74) is 0.626. The summed E-state index contributed by atoms with van der Waals surface area (Å²) < 4.78 is 16.6. The van der Waals surface area contributed by atoms with E-state index in [1.165, 1.54) is 0 Å². The molecule has 0 bridgehead atoms. The van der Waals surface area contributed by atoms with Crippen LogP contribution in [0.3, 0.4) is 0 Å². The fourth-order valence-electron chi connectivity index (χ4n) is 3.51. The highest BCUT2D eigenvalue weighted by molar-refractivity contribution is 5.90. The summed E-state index contributed by atoms with van der Waals surface area (Å²) in [5, 5.41) is 13.0. The first-order valence-electron chi connectivity index (χ1n) is 9.82. The Labute approximate surface area is 174 Å². The van der Waals surface area contributed by atoms with E-state index in [1.54, 1.807) is 43.5 Å². The van der Waals surface area contributed by atoms with Gasteiger partial charge in [-0.1, -0.05) is 18.2 Å². The van der Waals surface area contributed by atoms with Gasteiger partial charge in [0.1, 0.15) is 17.6 Å². The van der Waals surface area contributed by atoms with Crippen LogP contribution in [0.4, 0.5) is 10.5 Å². The number of amides is 2.